The average molecular weight is 356 g/mol. The Balaban J connectivity index is 1.76. The minimum absolute atomic E-state index is 0.00821. The van der Waals surface area contributed by atoms with Crippen molar-refractivity contribution in [1.29, 1.82) is 0 Å². The fourth-order valence-electron chi connectivity index (χ4n) is 2.58. The molecule has 0 aliphatic heterocycles. The molecule has 130 valence electrons. The molecule has 2 aromatic carbocycles. The van der Waals surface area contributed by atoms with Gasteiger partial charge >= 0.3 is 0 Å². The Kier molecular flexibility index (Phi) is 4.96. The third-order valence-electron chi connectivity index (χ3n) is 4.23. The summed E-state index contributed by atoms with van der Waals surface area (Å²) in [5.74, 6) is -0.00821. The molecular formula is C18H20N4O2S. The lowest BCUT2D eigenvalue weighted by molar-refractivity contribution is 0.398. The first-order chi connectivity index (χ1) is 12.0. The number of sulfonamides is 1. The maximum Gasteiger partial charge on any atom is 0.218 e. The van der Waals surface area contributed by atoms with Crippen LogP contribution in [-0.2, 0) is 15.8 Å². The van der Waals surface area contributed by atoms with Crippen molar-refractivity contribution in [2.45, 2.75) is 18.7 Å². The molecule has 0 amide bonds. The van der Waals surface area contributed by atoms with Crippen LogP contribution in [-0.4, -0.2) is 34.5 Å². The number of benzene rings is 2. The second-order valence-electron chi connectivity index (χ2n) is 5.87. The fourth-order valence-corrected chi connectivity index (χ4v) is 4.01. The first-order valence-corrected chi connectivity index (χ1v) is 9.53. The minimum atomic E-state index is -3.41. The van der Waals surface area contributed by atoms with E-state index in [1.54, 1.807) is 18.1 Å². The zero-order valence-electron chi connectivity index (χ0n) is 14.1. The maximum absolute atomic E-state index is 12.7. The third-order valence-corrected chi connectivity index (χ3v) is 6.13. The molecule has 7 heteroatoms. The molecule has 1 atom stereocenters. The standard InChI is InChI=1S/C18H20N4O2S/c1-15(17-8-10-18(11-9-17)22-14-19-13-20-22)21(2)25(23,24)12-16-6-4-3-5-7-16/h3-11,13-15H,12H2,1-2H3/t15-/m1/s1. The maximum atomic E-state index is 12.7. The van der Waals surface area contributed by atoms with Crippen molar-refractivity contribution in [2.24, 2.45) is 0 Å². The average Bonchev–Trinajstić information content (AvgIpc) is 3.16. The summed E-state index contributed by atoms with van der Waals surface area (Å²) in [6.07, 6.45) is 3.09. The molecule has 0 N–H and O–H groups in total. The normalized spacial score (nSPS) is 13.1. The topological polar surface area (TPSA) is 68.1 Å². The molecule has 1 heterocycles. The van der Waals surface area contributed by atoms with Crippen molar-refractivity contribution in [3.05, 3.63) is 78.4 Å². The highest BCUT2D eigenvalue weighted by atomic mass is 32.2. The van der Waals surface area contributed by atoms with Crippen molar-refractivity contribution in [1.82, 2.24) is 19.1 Å². The van der Waals surface area contributed by atoms with Crippen LogP contribution >= 0.6 is 0 Å². The van der Waals surface area contributed by atoms with E-state index in [-0.39, 0.29) is 11.8 Å². The number of nitrogens with zero attached hydrogens (tertiary/aromatic N) is 4. The SMILES string of the molecule is C[C@H](c1ccc(-n2cncn2)cc1)N(C)S(=O)(=O)Cc1ccccc1. The Bertz CT molecular complexity index is 907. The Hall–Kier alpha value is -2.51. The van der Waals surface area contributed by atoms with Crippen molar-refractivity contribution in [3.8, 4) is 5.69 Å². The summed E-state index contributed by atoms with van der Waals surface area (Å²) in [7, 11) is -1.79. The highest BCUT2D eigenvalue weighted by Crippen LogP contribution is 2.24. The van der Waals surface area contributed by atoms with Crippen LogP contribution in [0.2, 0.25) is 0 Å². The Morgan fingerprint density at radius 3 is 2.36 bits per heavy atom. The largest absolute Gasteiger partial charge is 0.223 e. The van der Waals surface area contributed by atoms with E-state index in [0.29, 0.717) is 0 Å². The third kappa shape index (κ3) is 3.94. The Morgan fingerprint density at radius 1 is 1.08 bits per heavy atom. The van der Waals surface area contributed by atoms with E-state index in [2.05, 4.69) is 10.1 Å². The molecule has 0 radical (unpaired) electrons. The second kappa shape index (κ2) is 7.16. The van der Waals surface area contributed by atoms with Gasteiger partial charge in [0.2, 0.25) is 10.0 Å². The predicted molar refractivity (Wildman–Crippen MR) is 96.6 cm³/mol. The summed E-state index contributed by atoms with van der Waals surface area (Å²) in [4.78, 5) is 3.92. The summed E-state index contributed by atoms with van der Waals surface area (Å²) >= 11 is 0. The first-order valence-electron chi connectivity index (χ1n) is 7.92. The van der Waals surface area contributed by atoms with Gasteiger partial charge in [-0.15, -0.1) is 0 Å². The van der Waals surface area contributed by atoms with Gasteiger partial charge < -0.3 is 0 Å². The van der Waals surface area contributed by atoms with Gasteiger partial charge in [0.25, 0.3) is 0 Å². The van der Waals surface area contributed by atoms with Gasteiger partial charge in [-0.3, -0.25) is 0 Å². The van der Waals surface area contributed by atoms with Gasteiger partial charge in [0.05, 0.1) is 11.4 Å². The highest BCUT2D eigenvalue weighted by Gasteiger charge is 2.24. The van der Waals surface area contributed by atoms with Gasteiger partial charge in [0.15, 0.2) is 0 Å². The predicted octanol–water partition coefficient (Wildman–Crippen LogP) is 2.79. The summed E-state index contributed by atoms with van der Waals surface area (Å²) in [6, 6.07) is 16.6. The molecule has 3 rings (SSSR count). The highest BCUT2D eigenvalue weighted by molar-refractivity contribution is 7.88. The number of hydrogen-bond acceptors (Lipinski definition) is 4. The number of hydrogen-bond donors (Lipinski definition) is 0. The molecular weight excluding hydrogens is 336 g/mol. The van der Waals surface area contributed by atoms with Crippen molar-refractivity contribution in [3.63, 3.8) is 0 Å². The molecule has 3 aromatic rings. The number of rotatable bonds is 6. The smallest absolute Gasteiger partial charge is 0.218 e. The zero-order chi connectivity index (χ0) is 17.9. The lowest BCUT2D eigenvalue weighted by Crippen LogP contribution is -2.30. The van der Waals surface area contributed by atoms with Crippen LogP contribution in [0.25, 0.3) is 5.69 Å². The molecule has 0 saturated heterocycles. The van der Waals surface area contributed by atoms with Gasteiger partial charge in [0, 0.05) is 13.1 Å². The Morgan fingerprint density at radius 2 is 1.76 bits per heavy atom. The van der Waals surface area contributed by atoms with E-state index < -0.39 is 10.0 Å². The molecule has 25 heavy (non-hydrogen) atoms. The van der Waals surface area contributed by atoms with Gasteiger partial charge in [-0.05, 0) is 30.2 Å². The van der Waals surface area contributed by atoms with Crippen molar-refractivity contribution in [2.75, 3.05) is 7.05 Å². The summed E-state index contributed by atoms with van der Waals surface area (Å²) in [6.45, 7) is 1.88. The summed E-state index contributed by atoms with van der Waals surface area (Å²) in [5, 5.41) is 4.08. The zero-order valence-corrected chi connectivity index (χ0v) is 15.0. The lowest BCUT2D eigenvalue weighted by Gasteiger charge is -2.25. The van der Waals surface area contributed by atoms with Gasteiger partial charge in [-0.25, -0.2) is 18.1 Å². The minimum Gasteiger partial charge on any atom is -0.223 e. The molecule has 0 saturated carbocycles. The molecule has 6 nitrogen and oxygen atoms in total. The van der Waals surface area contributed by atoms with Crippen LogP contribution in [0.5, 0.6) is 0 Å². The molecule has 0 spiro atoms. The van der Waals surface area contributed by atoms with E-state index in [1.165, 1.54) is 10.6 Å². The van der Waals surface area contributed by atoms with Crippen LogP contribution < -0.4 is 0 Å². The quantitative estimate of drug-likeness (QED) is 0.681. The Labute approximate surface area is 147 Å². The van der Waals surface area contributed by atoms with Gasteiger partial charge in [-0.1, -0.05) is 42.5 Å². The molecule has 0 unspecified atom stereocenters. The monoisotopic (exact) mass is 356 g/mol. The molecule has 0 aliphatic carbocycles. The van der Waals surface area contributed by atoms with Crippen LogP contribution in [0, 0.1) is 0 Å². The van der Waals surface area contributed by atoms with Gasteiger partial charge in [-0.2, -0.15) is 9.40 Å². The van der Waals surface area contributed by atoms with Crippen LogP contribution in [0.3, 0.4) is 0 Å². The lowest BCUT2D eigenvalue weighted by atomic mass is 10.1. The molecule has 0 bridgehead atoms. The van der Waals surface area contributed by atoms with Gasteiger partial charge in [0.1, 0.15) is 12.7 Å². The van der Waals surface area contributed by atoms with Crippen molar-refractivity contribution >= 4 is 10.0 Å². The number of aromatic nitrogens is 3. The first kappa shape index (κ1) is 17.3. The fraction of sp³-hybridized carbons (Fsp3) is 0.222. The van der Waals surface area contributed by atoms with Crippen LogP contribution in [0.1, 0.15) is 24.1 Å². The van der Waals surface area contributed by atoms with Crippen LogP contribution in [0.4, 0.5) is 0 Å². The van der Waals surface area contributed by atoms with E-state index in [9.17, 15) is 8.42 Å². The van der Waals surface area contributed by atoms with Crippen molar-refractivity contribution < 1.29 is 8.42 Å². The molecule has 1 aromatic heterocycles. The molecule has 0 fully saturated rings. The van der Waals surface area contributed by atoms with E-state index in [0.717, 1.165) is 16.8 Å². The molecule has 0 aliphatic rings. The van der Waals surface area contributed by atoms with E-state index in [4.69, 9.17) is 0 Å². The van der Waals surface area contributed by atoms with E-state index >= 15 is 0 Å². The summed E-state index contributed by atoms with van der Waals surface area (Å²) < 4.78 is 28.4. The van der Waals surface area contributed by atoms with E-state index in [1.807, 2.05) is 61.5 Å². The second-order valence-corrected chi connectivity index (χ2v) is 7.89. The summed E-state index contributed by atoms with van der Waals surface area (Å²) in [5.41, 5.74) is 2.58. The van der Waals surface area contributed by atoms with Crippen LogP contribution in [0.15, 0.2) is 67.3 Å².